The van der Waals surface area contributed by atoms with Crippen molar-refractivity contribution in [2.24, 2.45) is 0 Å². The van der Waals surface area contributed by atoms with E-state index in [-0.39, 0.29) is 69.9 Å². The maximum absolute atomic E-state index is 13.4. The van der Waals surface area contributed by atoms with Gasteiger partial charge >= 0.3 is 0 Å². The average molecular weight is 1310 g/mol. The molecule has 6 aliphatic carbocycles. The number of alkyl halides is 6. The summed E-state index contributed by atoms with van der Waals surface area (Å²) in [4.78, 5) is 40.8. The summed E-state index contributed by atoms with van der Waals surface area (Å²) >= 11 is 4.48. The number of nitrogens with zero attached hydrogens (tertiary/aromatic N) is 9. The Hall–Kier alpha value is -4.82. The highest BCUT2D eigenvalue weighted by Gasteiger charge is 2.38. The first kappa shape index (κ1) is 64.6. The second kappa shape index (κ2) is 27.7. The van der Waals surface area contributed by atoms with Crippen molar-refractivity contribution in [3.05, 3.63) is 68.5 Å². The number of nitrogens with one attached hydrogen (secondary N) is 3. The van der Waals surface area contributed by atoms with Gasteiger partial charge in [-0.15, -0.1) is 34.0 Å². The molecular weight excluding hydrogens is 1240 g/mol. The second-order valence-corrected chi connectivity index (χ2v) is 29.6. The van der Waals surface area contributed by atoms with E-state index in [1.165, 1.54) is 48.4 Å². The van der Waals surface area contributed by atoms with Crippen molar-refractivity contribution >= 4 is 81.3 Å². The highest BCUT2D eigenvalue weighted by Crippen LogP contribution is 2.44. The van der Waals surface area contributed by atoms with Crippen molar-refractivity contribution < 1.29 is 57.2 Å². The normalized spacial score (nSPS) is 19.8. The molecule has 31 heteroatoms. The number of hydrogen-bond donors (Lipinski definition) is 4. The van der Waals surface area contributed by atoms with Crippen molar-refractivity contribution in [2.75, 3.05) is 35.6 Å². The van der Waals surface area contributed by atoms with E-state index in [9.17, 15) is 48.3 Å². The summed E-state index contributed by atoms with van der Waals surface area (Å²) in [6.07, 6.45) is 10.6. The molecule has 6 aliphatic rings. The lowest BCUT2D eigenvalue weighted by Crippen LogP contribution is -2.32. The summed E-state index contributed by atoms with van der Waals surface area (Å²) in [5.41, 5.74) is 4.86. The highest BCUT2D eigenvalue weighted by atomic mass is 35.7. The van der Waals surface area contributed by atoms with Crippen molar-refractivity contribution in [1.29, 1.82) is 0 Å². The molecule has 0 atom stereocenters. The molecule has 0 saturated heterocycles. The van der Waals surface area contributed by atoms with E-state index < -0.39 is 36.9 Å². The van der Waals surface area contributed by atoms with Gasteiger partial charge in [0, 0.05) is 127 Å². The number of aliphatic hydroxyl groups is 1. The average Bonchev–Trinajstić information content (AvgIpc) is 4.60. The summed E-state index contributed by atoms with van der Waals surface area (Å²) in [5, 5.41) is 27.5. The largest absolute Gasteiger partial charge is 0.390 e. The van der Waals surface area contributed by atoms with Crippen LogP contribution in [0.4, 0.5) is 43.8 Å². The maximum Gasteiger partial charge on any atom is 0.264 e. The van der Waals surface area contributed by atoms with Crippen LogP contribution in [0.5, 0.6) is 0 Å². The molecule has 0 aliphatic heterocycles. The number of halogens is 7. The van der Waals surface area contributed by atoms with E-state index in [1.54, 1.807) is 30.6 Å². The van der Waals surface area contributed by atoms with Crippen molar-refractivity contribution in [1.82, 2.24) is 44.9 Å². The molecule has 0 spiro atoms. The van der Waals surface area contributed by atoms with Crippen LogP contribution in [0.3, 0.4) is 0 Å². The quantitative estimate of drug-likeness (QED) is 0.0354. The van der Waals surface area contributed by atoms with Crippen LogP contribution in [-0.4, -0.2) is 122 Å². The lowest BCUT2D eigenvalue weighted by atomic mass is 9.92. The first-order valence-electron chi connectivity index (χ1n) is 28.0. The molecule has 6 aromatic rings. The van der Waals surface area contributed by atoms with Crippen LogP contribution < -0.4 is 16.0 Å². The molecule has 6 heterocycles. The molecule has 0 amide bonds. The van der Waals surface area contributed by atoms with Crippen LogP contribution in [0.25, 0.3) is 32.5 Å². The topological polar surface area (TPSA) is 259 Å². The molecule has 12 rings (SSSR count). The molecule has 464 valence electrons. The number of methoxy groups -OCH3 is 1. The molecule has 6 saturated carbocycles. The summed E-state index contributed by atoms with van der Waals surface area (Å²) in [5.74, 6) is -2.94. The van der Waals surface area contributed by atoms with Crippen molar-refractivity contribution in [3.63, 3.8) is 0 Å². The van der Waals surface area contributed by atoms with Crippen LogP contribution >= 0.6 is 44.7 Å². The Morgan fingerprint density at radius 2 is 0.800 bits per heavy atom. The molecule has 0 aromatic carbocycles. The first-order valence-corrected chi connectivity index (χ1v) is 35.2. The zero-order valence-electron chi connectivity index (χ0n) is 46.9. The van der Waals surface area contributed by atoms with E-state index in [2.05, 4.69) is 76.9 Å². The molecule has 0 bridgehead atoms. The Morgan fingerprint density at radius 3 is 1.08 bits per heavy atom. The van der Waals surface area contributed by atoms with Crippen molar-refractivity contribution in [2.45, 2.75) is 189 Å². The first-order chi connectivity index (χ1) is 40.2. The molecular formula is C54H67ClF6N12O7S5. The third kappa shape index (κ3) is 20.9. The fourth-order valence-corrected chi connectivity index (χ4v) is 12.4. The van der Waals surface area contributed by atoms with Crippen LogP contribution in [0, 0.1) is 0 Å². The fraction of sp³-hybridized carbons (Fsp3) is 0.611. The minimum absolute atomic E-state index is 0.00564. The molecule has 0 radical (unpaired) electrons. The van der Waals surface area contributed by atoms with Crippen LogP contribution in [0.15, 0.2) is 34.3 Å². The van der Waals surface area contributed by atoms with E-state index in [0.29, 0.717) is 114 Å². The predicted octanol–water partition coefficient (Wildman–Crippen LogP) is 12.7. The van der Waals surface area contributed by atoms with Crippen LogP contribution in [-0.2, 0) is 47.9 Å². The number of rotatable bonds is 18. The predicted molar refractivity (Wildman–Crippen MR) is 315 cm³/mol. The van der Waals surface area contributed by atoms with Gasteiger partial charge in [0.2, 0.25) is 26.8 Å². The van der Waals surface area contributed by atoms with Crippen LogP contribution in [0.1, 0.15) is 167 Å². The SMILES string of the molecule is COCc1cc(NC2CCC(F)(F)CC2)nc(-c2nc(C3CC3)cs2)n1.CS(=O)(=O)Cl.CS(=O)(=O)OCc1cc(NC2CCC(F)(F)CC2)nc(-c2nc(C3CC3)cs2)n1.OCc1cc(NC2CCC(F)(F)CC2)nc(-c2nc(C3CC3)cs2)n1. The number of aromatic nitrogens is 9. The molecule has 6 fully saturated rings. The molecule has 0 unspecified atom stereocenters. The number of aliphatic hydroxyl groups excluding tert-OH is 1. The Labute approximate surface area is 506 Å². The summed E-state index contributed by atoms with van der Waals surface area (Å²) in [7, 11) is -0.703. The lowest BCUT2D eigenvalue weighted by Gasteiger charge is -2.29. The minimum atomic E-state index is -3.63. The van der Waals surface area contributed by atoms with Gasteiger partial charge in [-0.05, 0) is 77.0 Å². The number of anilines is 3. The van der Waals surface area contributed by atoms with Gasteiger partial charge in [0.05, 0.1) is 59.9 Å². The summed E-state index contributed by atoms with van der Waals surface area (Å²) < 4.78 is 132. The Balaban J connectivity index is 0.000000147. The maximum atomic E-state index is 13.4. The van der Waals surface area contributed by atoms with Gasteiger partial charge in [0.25, 0.3) is 10.1 Å². The van der Waals surface area contributed by atoms with Gasteiger partial charge in [0.1, 0.15) is 24.1 Å². The van der Waals surface area contributed by atoms with Gasteiger partial charge in [0.15, 0.2) is 32.5 Å². The zero-order valence-corrected chi connectivity index (χ0v) is 51.7. The summed E-state index contributed by atoms with van der Waals surface area (Å²) in [6, 6.07) is 4.94. The van der Waals surface area contributed by atoms with Gasteiger partial charge in [-0.1, -0.05) is 0 Å². The molecule has 85 heavy (non-hydrogen) atoms. The highest BCUT2D eigenvalue weighted by molar-refractivity contribution is 8.13. The summed E-state index contributed by atoms with van der Waals surface area (Å²) in [6.45, 7) is -0.0613. The second-order valence-electron chi connectivity index (χ2n) is 22.3. The van der Waals surface area contributed by atoms with E-state index in [4.69, 9.17) is 8.92 Å². The van der Waals surface area contributed by atoms with Gasteiger partial charge < -0.3 is 25.8 Å². The third-order valence-electron chi connectivity index (χ3n) is 14.5. The monoisotopic (exact) mass is 1300 g/mol. The van der Waals surface area contributed by atoms with E-state index in [0.717, 1.165) is 58.1 Å². The Morgan fingerprint density at radius 1 is 0.506 bits per heavy atom. The smallest absolute Gasteiger partial charge is 0.264 e. The van der Waals surface area contributed by atoms with E-state index in [1.807, 2.05) is 16.8 Å². The molecule has 4 N–H and O–H groups in total. The minimum Gasteiger partial charge on any atom is -0.390 e. The Bertz CT molecular complexity index is 3430. The van der Waals surface area contributed by atoms with Gasteiger partial charge in [-0.3, -0.25) is 4.18 Å². The molecule has 19 nitrogen and oxygen atoms in total. The number of ether oxygens (including phenoxy) is 1. The number of thiazole rings is 3. The van der Waals surface area contributed by atoms with Gasteiger partial charge in [-0.25, -0.2) is 79.6 Å². The van der Waals surface area contributed by atoms with Gasteiger partial charge in [-0.2, -0.15) is 8.42 Å². The fourth-order valence-electron chi connectivity index (χ4n) is 9.59. The standard InChI is InChI=1S/C18H22F2N4O3S2.C18H22F2N4OS.C17H20F2N4OS.CH3ClO2S/c1-29(25,26)27-9-13-8-15(21-12-4-6-18(19,20)7-5-12)24-16(22-13)17-23-14(10-28-17)11-2-3-11;1-25-9-13-8-15(21-12-4-6-18(19,20)7-5-12)24-16(22-13)17-23-14(10-26-17)11-2-3-11;18-17(19)5-3-11(4-6-17)20-14-7-12(8-24)21-15(23-14)16-22-13(9-25-16)10-1-2-10;1-5(2,3)4/h8,10-12H,2-7,9H2,1H3,(H,21,22,24);8,10-12H,2-7,9H2,1H3,(H,21,22,24);7,9-11,24H,1-6,8H2,(H,20,21,23);1H3. The third-order valence-corrected chi connectivity index (χ3v) is 17.7. The van der Waals surface area contributed by atoms with E-state index >= 15 is 0 Å². The Kier molecular flexibility index (Phi) is 21.1. The molecule has 6 aromatic heterocycles. The zero-order chi connectivity index (χ0) is 60.7. The van der Waals surface area contributed by atoms with Crippen molar-refractivity contribution in [3.8, 4) is 32.5 Å². The lowest BCUT2D eigenvalue weighted by molar-refractivity contribution is -0.0366. The number of hydrogen-bond acceptors (Lipinski definition) is 22. The van der Waals surface area contributed by atoms with Crippen LogP contribution in [0.2, 0.25) is 0 Å².